The lowest BCUT2D eigenvalue weighted by atomic mass is 9.80. The first-order valence-electron chi connectivity index (χ1n) is 24.5. The molecular formula is C70H44O. The predicted molar refractivity (Wildman–Crippen MR) is 301 cm³/mol. The third-order valence-electron chi connectivity index (χ3n) is 14.7. The van der Waals surface area contributed by atoms with E-state index in [4.69, 9.17) is 4.42 Å². The topological polar surface area (TPSA) is 13.1 Å². The van der Waals surface area contributed by atoms with Gasteiger partial charge in [0.05, 0.1) is 0 Å². The van der Waals surface area contributed by atoms with Gasteiger partial charge in [0.2, 0.25) is 0 Å². The van der Waals surface area contributed by atoms with Crippen molar-refractivity contribution < 1.29 is 4.42 Å². The van der Waals surface area contributed by atoms with E-state index in [0.717, 1.165) is 38.6 Å². The normalized spacial score (nSPS) is 11.7. The van der Waals surface area contributed by atoms with Gasteiger partial charge in [0, 0.05) is 16.3 Å². The van der Waals surface area contributed by atoms with Crippen LogP contribution in [0.2, 0.25) is 0 Å². The lowest BCUT2D eigenvalue weighted by Gasteiger charge is -2.23. The maximum absolute atomic E-state index is 6.54. The van der Waals surface area contributed by atoms with Crippen molar-refractivity contribution in [3.05, 3.63) is 267 Å². The van der Waals surface area contributed by atoms with Gasteiger partial charge in [-0.2, -0.15) is 0 Å². The summed E-state index contributed by atoms with van der Waals surface area (Å²) < 4.78 is 6.54. The first-order chi connectivity index (χ1) is 35.2. The molecule has 0 unspecified atom stereocenters. The number of furan rings is 1. The number of benzene rings is 13. The highest BCUT2D eigenvalue weighted by atomic mass is 16.3. The first-order valence-corrected chi connectivity index (χ1v) is 24.5. The van der Waals surface area contributed by atoms with Gasteiger partial charge < -0.3 is 4.42 Å². The van der Waals surface area contributed by atoms with Gasteiger partial charge >= 0.3 is 0 Å². The Morgan fingerprint density at radius 2 is 0.507 bits per heavy atom. The fourth-order valence-corrected chi connectivity index (χ4v) is 11.5. The minimum atomic E-state index is 0.905. The zero-order chi connectivity index (χ0) is 46.8. The lowest BCUT2D eigenvalue weighted by Crippen LogP contribution is -1.96. The van der Waals surface area contributed by atoms with Gasteiger partial charge in [0.1, 0.15) is 11.2 Å². The molecule has 0 spiro atoms. The smallest absolute Gasteiger partial charge is 0.143 e. The number of rotatable bonds is 8. The van der Waals surface area contributed by atoms with Gasteiger partial charge in [-0.25, -0.2) is 0 Å². The molecular weight excluding hydrogens is 857 g/mol. The molecule has 0 N–H and O–H groups in total. The van der Waals surface area contributed by atoms with Crippen LogP contribution < -0.4 is 0 Å². The lowest BCUT2D eigenvalue weighted by molar-refractivity contribution is 0.670. The zero-order valence-corrected chi connectivity index (χ0v) is 38.8. The summed E-state index contributed by atoms with van der Waals surface area (Å²) in [5, 5.41) is 9.72. The van der Waals surface area contributed by atoms with Crippen molar-refractivity contribution in [2.75, 3.05) is 0 Å². The highest BCUT2D eigenvalue weighted by Gasteiger charge is 2.24. The van der Waals surface area contributed by atoms with E-state index in [1.54, 1.807) is 0 Å². The van der Waals surface area contributed by atoms with Crippen molar-refractivity contribution in [1.82, 2.24) is 0 Å². The molecule has 1 heterocycles. The third-order valence-corrected chi connectivity index (χ3v) is 14.7. The maximum atomic E-state index is 6.54. The second-order valence-electron chi connectivity index (χ2n) is 18.6. The summed E-state index contributed by atoms with van der Waals surface area (Å²) in [7, 11) is 0. The Labute approximate surface area is 412 Å². The van der Waals surface area contributed by atoms with Gasteiger partial charge in [0.25, 0.3) is 0 Å². The van der Waals surface area contributed by atoms with Crippen LogP contribution >= 0.6 is 0 Å². The van der Waals surface area contributed by atoms with Crippen molar-refractivity contribution in [3.63, 3.8) is 0 Å². The summed E-state index contributed by atoms with van der Waals surface area (Å²) in [5.41, 5.74) is 20.8. The Morgan fingerprint density at radius 3 is 0.972 bits per heavy atom. The SMILES string of the molecule is c1ccc(-c2ccccc2-c2cc(-c3ccc(-c4cccc5c4oc4ccccc45)cc3)c3ccc4c(-c5ccccc5-c5ccccc5)cc(-c5ccccc5-c5ccccc5)c5ccc2c3c45)cc1. The second kappa shape index (κ2) is 16.7. The molecule has 0 saturated carbocycles. The molecule has 0 radical (unpaired) electrons. The van der Waals surface area contributed by atoms with E-state index in [1.807, 2.05) is 6.07 Å². The molecule has 1 nitrogen and oxygen atoms in total. The third kappa shape index (κ3) is 6.70. The molecule has 0 amide bonds. The van der Waals surface area contributed by atoms with Gasteiger partial charge in [-0.05, 0) is 134 Å². The van der Waals surface area contributed by atoms with Gasteiger partial charge in [-0.15, -0.1) is 0 Å². The van der Waals surface area contributed by atoms with E-state index < -0.39 is 0 Å². The molecule has 1 heteroatoms. The number of para-hydroxylation sites is 2. The van der Waals surface area contributed by atoms with Crippen LogP contribution in [0, 0.1) is 0 Å². The highest BCUT2D eigenvalue weighted by Crippen LogP contribution is 2.51. The second-order valence-corrected chi connectivity index (χ2v) is 18.6. The van der Waals surface area contributed by atoms with Crippen molar-refractivity contribution >= 4 is 54.3 Å². The molecule has 0 fully saturated rings. The van der Waals surface area contributed by atoms with E-state index in [1.165, 1.54) is 105 Å². The molecule has 13 aromatic carbocycles. The van der Waals surface area contributed by atoms with Crippen molar-refractivity contribution in [3.8, 4) is 89.0 Å². The summed E-state index contributed by atoms with van der Waals surface area (Å²) in [6.07, 6.45) is 0. The fourth-order valence-electron chi connectivity index (χ4n) is 11.5. The molecule has 330 valence electrons. The molecule has 0 atom stereocenters. The number of fused-ring (bicyclic) bond motifs is 3. The van der Waals surface area contributed by atoms with Crippen molar-refractivity contribution in [1.29, 1.82) is 0 Å². The standard InChI is InChI=1S/C70H44O/c1-4-19-45(20-5-1)50-25-10-13-28-54(50)64-43-63(49-37-35-48(36-38-49)53-32-18-33-62-57-31-16-17-34-67(57)71-70(53)62)58-39-40-60-65(55-29-14-11-26-51(55)46-21-6-2-7-22-46)44-66(61-42-41-59(64)68(58)69(60)61)56-30-15-12-27-52(56)47-23-8-3-9-24-47/h1-44H. The molecule has 71 heavy (non-hydrogen) atoms. The predicted octanol–water partition coefficient (Wildman–Crippen LogP) is 19.8. The molecule has 0 aliphatic carbocycles. The average molecular weight is 901 g/mol. The summed E-state index contributed by atoms with van der Waals surface area (Å²) in [6, 6.07) is 97.7. The first kappa shape index (κ1) is 40.7. The molecule has 0 saturated heterocycles. The summed E-state index contributed by atoms with van der Waals surface area (Å²) in [5.74, 6) is 0. The Kier molecular flexibility index (Phi) is 9.60. The van der Waals surface area contributed by atoms with Gasteiger partial charge in [0.15, 0.2) is 0 Å². The minimum absolute atomic E-state index is 0.905. The molecule has 1 aromatic heterocycles. The van der Waals surface area contributed by atoms with E-state index in [2.05, 4.69) is 261 Å². The van der Waals surface area contributed by atoms with E-state index in [9.17, 15) is 0 Å². The number of hydrogen-bond acceptors (Lipinski definition) is 1. The fraction of sp³-hybridized carbons (Fsp3) is 0. The highest BCUT2D eigenvalue weighted by molar-refractivity contribution is 6.32. The van der Waals surface area contributed by atoms with Crippen molar-refractivity contribution in [2.45, 2.75) is 0 Å². The van der Waals surface area contributed by atoms with Gasteiger partial charge in [-0.1, -0.05) is 249 Å². The zero-order valence-electron chi connectivity index (χ0n) is 38.8. The van der Waals surface area contributed by atoms with Crippen LogP contribution in [0.5, 0.6) is 0 Å². The van der Waals surface area contributed by atoms with Crippen LogP contribution in [0.25, 0.3) is 143 Å². The van der Waals surface area contributed by atoms with Crippen LogP contribution in [0.4, 0.5) is 0 Å². The van der Waals surface area contributed by atoms with Crippen LogP contribution in [-0.2, 0) is 0 Å². The molecule has 0 bridgehead atoms. The monoisotopic (exact) mass is 900 g/mol. The quantitative estimate of drug-likeness (QED) is 0.139. The average Bonchev–Trinajstić information content (AvgIpc) is 3.84. The summed E-state index contributed by atoms with van der Waals surface area (Å²) >= 11 is 0. The Balaban J connectivity index is 1.08. The van der Waals surface area contributed by atoms with E-state index >= 15 is 0 Å². The largest absolute Gasteiger partial charge is 0.455 e. The Bertz CT molecular complexity index is 4190. The maximum Gasteiger partial charge on any atom is 0.143 e. The van der Waals surface area contributed by atoms with E-state index in [-0.39, 0.29) is 0 Å². The molecule has 14 rings (SSSR count). The van der Waals surface area contributed by atoms with Crippen LogP contribution in [0.15, 0.2) is 271 Å². The Hall–Kier alpha value is -9.30. The minimum Gasteiger partial charge on any atom is -0.455 e. The van der Waals surface area contributed by atoms with E-state index in [0.29, 0.717) is 0 Å². The van der Waals surface area contributed by atoms with Crippen molar-refractivity contribution in [2.24, 2.45) is 0 Å². The molecule has 0 aliphatic heterocycles. The van der Waals surface area contributed by atoms with Crippen LogP contribution in [0.1, 0.15) is 0 Å². The molecule has 0 aliphatic rings. The Morgan fingerprint density at radius 1 is 0.183 bits per heavy atom. The summed E-state index contributed by atoms with van der Waals surface area (Å²) in [4.78, 5) is 0. The number of hydrogen-bond donors (Lipinski definition) is 0. The van der Waals surface area contributed by atoms with Crippen LogP contribution in [0.3, 0.4) is 0 Å². The van der Waals surface area contributed by atoms with Crippen LogP contribution in [-0.4, -0.2) is 0 Å². The van der Waals surface area contributed by atoms with Gasteiger partial charge in [-0.3, -0.25) is 0 Å². The summed E-state index contributed by atoms with van der Waals surface area (Å²) in [6.45, 7) is 0. The molecule has 14 aromatic rings.